The van der Waals surface area contributed by atoms with Gasteiger partial charge in [0.25, 0.3) is 0 Å². The third kappa shape index (κ3) is 6.55. The number of pyridine rings is 1. The fraction of sp³-hybridized carbons (Fsp3) is 0.469. The molecule has 3 aromatic heterocycles. The number of amides is 1. The van der Waals surface area contributed by atoms with Gasteiger partial charge in [0.1, 0.15) is 22.8 Å². The number of rotatable bonds is 6. The van der Waals surface area contributed by atoms with Crippen LogP contribution in [0.15, 0.2) is 42.7 Å². The second-order valence-corrected chi connectivity index (χ2v) is 12.5. The maximum Gasteiger partial charge on any atom is 0.407 e. The van der Waals surface area contributed by atoms with Crippen molar-refractivity contribution in [2.45, 2.75) is 83.9 Å². The number of hydrogen-bond acceptors (Lipinski definition) is 8. The number of aromatic nitrogens is 5. The van der Waals surface area contributed by atoms with E-state index in [0.29, 0.717) is 34.6 Å². The summed E-state index contributed by atoms with van der Waals surface area (Å²) in [7, 11) is 0. The third-order valence-corrected chi connectivity index (χ3v) is 8.13. The summed E-state index contributed by atoms with van der Waals surface area (Å²) in [6.45, 7) is 9.15. The minimum atomic E-state index is -0.511. The molecule has 1 amide bonds. The highest BCUT2D eigenvalue weighted by molar-refractivity contribution is 5.83. The van der Waals surface area contributed by atoms with Crippen molar-refractivity contribution in [2.24, 2.45) is 0 Å². The van der Waals surface area contributed by atoms with Gasteiger partial charge in [-0.15, -0.1) is 0 Å². The molecule has 1 saturated carbocycles. The third-order valence-electron chi connectivity index (χ3n) is 8.13. The van der Waals surface area contributed by atoms with E-state index in [1.165, 1.54) is 18.9 Å². The number of imidazole rings is 1. The number of alkyl carbamates (subject to hydrolysis) is 1. The first-order valence-corrected chi connectivity index (χ1v) is 15.1. The van der Waals surface area contributed by atoms with E-state index in [0.717, 1.165) is 55.8 Å². The second kappa shape index (κ2) is 11.8. The van der Waals surface area contributed by atoms with Crippen LogP contribution < -0.4 is 15.5 Å². The Morgan fingerprint density at radius 1 is 1.02 bits per heavy atom. The highest BCUT2D eigenvalue weighted by Crippen LogP contribution is 2.36. The number of halogens is 1. The van der Waals surface area contributed by atoms with Gasteiger partial charge >= 0.3 is 6.09 Å². The van der Waals surface area contributed by atoms with E-state index in [9.17, 15) is 4.79 Å². The Morgan fingerprint density at radius 2 is 1.79 bits per heavy atom. The Morgan fingerprint density at radius 3 is 2.49 bits per heavy atom. The van der Waals surface area contributed by atoms with Crippen LogP contribution in [0.1, 0.15) is 71.2 Å². The number of nitrogens with one attached hydrogen (secondary N) is 2. The zero-order valence-corrected chi connectivity index (χ0v) is 25.2. The smallest absolute Gasteiger partial charge is 0.407 e. The lowest BCUT2D eigenvalue weighted by atomic mass is 10.0. The molecule has 43 heavy (non-hydrogen) atoms. The van der Waals surface area contributed by atoms with Crippen molar-refractivity contribution < 1.29 is 13.9 Å². The van der Waals surface area contributed by atoms with E-state index >= 15 is 4.39 Å². The predicted octanol–water partition coefficient (Wildman–Crippen LogP) is 6.69. The van der Waals surface area contributed by atoms with Crippen LogP contribution in [0.25, 0.3) is 22.3 Å². The zero-order chi connectivity index (χ0) is 30.1. The van der Waals surface area contributed by atoms with Crippen molar-refractivity contribution in [1.82, 2.24) is 29.8 Å². The number of hydrogen-bond donors (Lipinski definition) is 2. The maximum absolute atomic E-state index is 15.2. The van der Waals surface area contributed by atoms with E-state index in [4.69, 9.17) is 4.74 Å². The molecule has 4 aromatic rings. The van der Waals surface area contributed by atoms with Gasteiger partial charge in [-0.05, 0) is 83.7 Å². The number of piperidine rings is 1. The average molecular weight is 587 g/mol. The number of anilines is 3. The summed E-state index contributed by atoms with van der Waals surface area (Å²) in [4.78, 5) is 32.5. The van der Waals surface area contributed by atoms with E-state index in [1.807, 2.05) is 52.1 Å². The SMILES string of the molecule is Cc1nc2c(F)cc(-c3ccnc(Nc4ccc(N5CCC(NC(=O)OC(C)(C)C)CC5)cn4)n3)cc2n1C1CCCC1. The molecular weight excluding hydrogens is 547 g/mol. The van der Waals surface area contributed by atoms with Crippen LogP contribution in [-0.2, 0) is 4.74 Å². The Bertz CT molecular complexity index is 1600. The van der Waals surface area contributed by atoms with E-state index < -0.39 is 5.60 Å². The standard InChI is InChI=1S/C32H39FN8O2/c1-20-36-29-25(33)17-21(18-27(29)41(20)23-7-5-6-8-23)26-11-14-34-30(38-26)39-28-10-9-24(19-35-28)40-15-12-22(13-16-40)37-31(42)43-32(2,3)4/h9-11,14,17-19,22-23H,5-8,12-13,15-16H2,1-4H3,(H,37,42)(H,34,35,38,39). The molecule has 1 aliphatic heterocycles. The Labute approximate surface area is 251 Å². The normalized spacial score (nSPS) is 16.5. The molecule has 10 nitrogen and oxygen atoms in total. The molecule has 4 heterocycles. The molecule has 226 valence electrons. The predicted molar refractivity (Wildman–Crippen MR) is 165 cm³/mol. The van der Waals surface area contributed by atoms with E-state index in [1.54, 1.807) is 12.3 Å². The lowest BCUT2D eigenvalue weighted by Crippen LogP contribution is -2.46. The van der Waals surface area contributed by atoms with Crippen LogP contribution in [0.4, 0.5) is 26.6 Å². The minimum absolute atomic E-state index is 0.0888. The summed E-state index contributed by atoms with van der Waals surface area (Å²) in [5, 5.41) is 6.15. The first kappa shape index (κ1) is 28.8. The van der Waals surface area contributed by atoms with Gasteiger partial charge in [0, 0.05) is 36.9 Å². The minimum Gasteiger partial charge on any atom is -0.444 e. The number of fused-ring (bicyclic) bond motifs is 1. The van der Waals surface area contributed by atoms with E-state index in [-0.39, 0.29) is 18.0 Å². The molecule has 11 heteroatoms. The van der Waals surface area contributed by atoms with Crippen molar-refractivity contribution in [1.29, 1.82) is 0 Å². The van der Waals surface area contributed by atoms with Gasteiger partial charge in [0.2, 0.25) is 5.95 Å². The van der Waals surface area contributed by atoms with Crippen LogP contribution >= 0.6 is 0 Å². The van der Waals surface area contributed by atoms with E-state index in [2.05, 4.69) is 40.0 Å². The van der Waals surface area contributed by atoms with Gasteiger partial charge in [-0.25, -0.2) is 29.1 Å². The molecule has 0 atom stereocenters. The molecule has 0 unspecified atom stereocenters. The van der Waals surface area contributed by atoms with Crippen molar-refractivity contribution in [3.05, 3.63) is 54.4 Å². The fourth-order valence-corrected chi connectivity index (χ4v) is 6.14. The lowest BCUT2D eigenvalue weighted by Gasteiger charge is -2.34. The van der Waals surface area contributed by atoms with Gasteiger partial charge in [-0.2, -0.15) is 0 Å². The van der Waals surface area contributed by atoms with Crippen molar-refractivity contribution in [2.75, 3.05) is 23.3 Å². The first-order valence-electron chi connectivity index (χ1n) is 15.1. The molecule has 0 spiro atoms. The Kier molecular flexibility index (Phi) is 7.89. The molecule has 6 rings (SSSR count). The monoisotopic (exact) mass is 586 g/mol. The molecule has 2 N–H and O–H groups in total. The topological polar surface area (TPSA) is 110 Å². The fourth-order valence-electron chi connectivity index (χ4n) is 6.14. The molecule has 2 aliphatic rings. The summed E-state index contributed by atoms with van der Waals surface area (Å²) >= 11 is 0. The van der Waals surface area contributed by atoms with Gasteiger partial charge < -0.3 is 24.8 Å². The Balaban J connectivity index is 1.11. The summed E-state index contributed by atoms with van der Waals surface area (Å²) in [5.74, 6) is 1.49. The molecule has 1 aliphatic carbocycles. The van der Waals surface area contributed by atoms with Gasteiger partial charge in [-0.1, -0.05) is 12.8 Å². The summed E-state index contributed by atoms with van der Waals surface area (Å²) in [6, 6.07) is 9.62. The summed E-state index contributed by atoms with van der Waals surface area (Å²) in [6.07, 6.45) is 9.33. The largest absolute Gasteiger partial charge is 0.444 e. The van der Waals surface area contributed by atoms with Gasteiger partial charge in [0.15, 0.2) is 5.82 Å². The van der Waals surface area contributed by atoms with Crippen LogP contribution in [0, 0.1) is 12.7 Å². The molecule has 0 radical (unpaired) electrons. The maximum atomic E-state index is 15.2. The molecule has 1 aromatic carbocycles. The van der Waals surface area contributed by atoms with Crippen LogP contribution in [0.2, 0.25) is 0 Å². The number of aryl methyl sites for hydroxylation is 1. The number of ether oxygens (including phenoxy) is 1. The first-order chi connectivity index (χ1) is 20.6. The van der Waals surface area contributed by atoms with Crippen LogP contribution in [-0.4, -0.2) is 55.3 Å². The number of nitrogens with zero attached hydrogens (tertiary/aromatic N) is 6. The van der Waals surface area contributed by atoms with Crippen molar-refractivity contribution in [3.63, 3.8) is 0 Å². The van der Waals surface area contributed by atoms with Crippen molar-refractivity contribution >= 4 is 34.6 Å². The highest BCUT2D eigenvalue weighted by atomic mass is 19.1. The van der Waals surface area contributed by atoms with Crippen LogP contribution in [0.5, 0.6) is 0 Å². The number of carbonyl (C=O) groups is 1. The zero-order valence-electron chi connectivity index (χ0n) is 25.2. The second-order valence-electron chi connectivity index (χ2n) is 12.5. The number of carbonyl (C=O) groups excluding carboxylic acids is 1. The summed E-state index contributed by atoms with van der Waals surface area (Å²) in [5.41, 5.74) is 3.03. The van der Waals surface area contributed by atoms with Gasteiger partial charge in [-0.3, -0.25) is 0 Å². The quantitative estimate of drug-likeness (QED) is 0.257. The summed E-state index contributed by atoms with van der Waals surface area (Å²) < 4.78 is 22.8. The highest BCUT2D eigenvalue weighted by Gasteiger charge is 2.25. The molecular formula is C32H39FN8O2. The van der Waals surface area contributed by atoms with Crippen LogP contribution in [0.3, 0.4) is 0 Å². The molecule has 1 saturated heterocycles. The van der Waals surface area contributed by atoms with Crippen molar-refractivity contribution in [3.8, 4) is 11.3 Å². The molecule has 0 bridgehead atoms. The molecule has 2 fully saturated rings. The average Bonchev–Trinajstić information content (AvgIpc) is 3.60. The Hall–Kier alpha value is -4.28. The lowest BCUT2D eigenvalue weighted by molar-refractivity contribution is 0.0497. The van der Waals surface area contributed by atoms with Gasteiger partial charge in [0.05, 0.1) is 23.1 Å². The number of benzene rings is 1.